The van der Waals surface area contributed by atoms with Crippen molar-refractivity contribution in [3.05, 3.63) is 24.3 Å². The number of piperazine rings is 1. The van der Waals surface area contributed by atoms with Crippen molar-refractivity contribution in [2.24, 2.45) is 0 Å². The Labute approximate surface area is 223 Å². The van der Waals surface area contributed by atoms with E-state index in [0.29, 0.717) is 19.7 Å². The summed E-state index contributed by atoms with van der Waals surface area (Å²) in [6.07, 6.45) is 0.837. The summed E-state index contributed by atoms with van der Waals surface area (Å²) in [7, 11) is -4.17. The Morgan fingerprint density at radius 1 is 1.05 bits per heavy atom. The van der Waals surface area contributed by atoms with Crippen molar-refractivity contribution in [3.63, 3.8) is 0 Å². The van der Waals surface area contributed by atoms with E-state index < -0.39 is 40.1 Å². The van der Waals surface area contributed by atoms with E-state index in [2.05, 4.69) is 11.8 Å². The normalized spacial score (nSPS) is 18.0. The topological polar surface area (TPSA) is 129 Å². The molecule has 0 spiro atoms. The monoisotopic (exact) mass is 566 g/mol. The van der Waals surface area contributed by atoms with Crippen molar-refractivity contribution in [2.45, 2.75) is 37.4 Å². The van der Waals surface area contributed by atoms with Gasteiger partial charge in [0, 0.05) is 45.0 Å². The third-order valence-corrected chi connectivity index (χ3v) is 9.31. The zero-order valence-corrected chi connectivity index (χ0v) is 22.6. The van der Waals surface area contributed by atoms with E-state index in [1.165, 1.54) is 14.7 Å². The molecular formula is C23H36ClFN4O7S. The number of benzene rings is 1. The molecule has 0 atom stereocenters. The van der Waals surface area contributed by atoms with Gasteiger partial charge in [-0.15, -0.1) is 12.4 Å². The lowest BCUT2D eigenvalue weighted by molar-refractivity contribution is -0.133. The molecule has 1 aromatic rings. The van der Waals surface area contributed by atoms with Gasteiger partial charge in [-0.25, -0.2) is 23.1 Å². The van der Waals surface area contributed by atoms with Gasteiger partial charge in [0.2, 0.25) is 10.0 Å². The molecule has 2 fully saturated rings. The highest BCUT2D eigenvalue weighted by molar-refractivity contribution is 7.91. The number of hydroxylamine groups is 1. The van der Waals surface area contributed by atoms with E-state index in [-0.39, 0.29) is 51.4 Å². The second kappa shape index (κ2) is 14.0. The number of sulfonamides is 1. The standard InChI is InChI=1S/C23H35FN4O7S.ClH/c1-2-3-17-34-20-6-4-19(5-7-20)26-13-15-28(16-14-26)36(32,33)23(21(29)25-31)8-11-27(12-9-23)22(30)35-18-10-24;/h4-7,31H,2-3,8-18H2,1H3,(H,25,29);1H. The van der Waals surface area contributed by atoms with Gasteiger partial charge < -0.3 is 19.3 Å². The first kappa shape index (κ1) is 30.9. The number of halogens is 2. The number of carbonyl (C=O) groups excluding carboxylic acids is 2. The average molecular weight is 567 g/mol. The number of nitrogens with zero attached hydrogens (tertiary/aromatic N) is 3. The third kappa shape index (κ3) is 6.95. The molecule has 210 valence electrons. The highest BCUT2D eigenvalue weighted by atomic mass is 35.5. The third-order valence-electron chi connectivity index (χ3n) is 6.69. The van der Waals surface area contributed by atoms with Gasteiger partial charge in [-0.3, -0.25) is 10.0 Å². The summed E-state index contributed by atoms with van der Waals surface area (Å²) in [5.74, 6) is -0.245. The molecule has 0 bridgehead atoms. The number of nitrogens with one attached hydrogen (secondary N) is 1. The van der Waals surface area contributed by atoms with Gasteiger partial charge in [0.15, 0.2) is 4.75 Å². The zero-order chi connectivity index (χ0) is 26.2. The van der Waals surface area contributed by atoms with Crippen LogP contribution in [0.15, 0.2) is 24.3 Å². The highest BCUT2D eigenvalue weighted by Crippen LogP contribution is 2.35. The molecule has 0 aliphatic carbocycles. The molecule has 0 unspecified atom stereocenters. The molecule has 2 aliphatic heterocycles. The van der Waals surface area contributed by atoms with Crippen molar-refractivity contribution < 1.29 is 37.1 Å². The lowest BCUT2D eigenvalue weighted by Gasteiger charge is -2.43. The molecule has 2 amide bonds. The van der Waals surface area contributed by atoms with Gasteiger partial charge in [0.05, 0.1) is 6.61 Å². The minimum Gasteiger partial charge on any atom is -0.494 e. The van der Waals surface area contributed by atoms with Crippen LogP contribution in [0.4, 0.5) is 14.9 Å². The van der Waals surface area contributed by atoms with Crippen molar-refractivity contribution in [1.29, 1.82) is 0 Å². The predicted octanol–water partition coefficient (Wildman–Crippen LogP) is 2.19. The average Bonchev–Trinajstić information content (AvgIpc) is 2.91. The molecule has 0 saturated carbocycles. The fourth-order valence-electron chi connectivity index (χ4n) is 4.49. The SMILES string of the molecule is CCCCOc1ccc(N2CCN(S(=O)(=O)C3(C(=O)NO)CCN(C(=O)OCCF)CC3)CC2)cc1.Cl. The number of amides is 2. The van der Waals surface area contributed by atoms with E-state index in [1.807, 2.05) is 24.3 Å². The number of ether oxygens (including phenoxy) is 2. The van der Waals surface area contributed by atoms with Crippen LogP contribution in [-0.2, 0) is 19.6 Å². The van der Waals surface area contributed by atoms with Gasteiger partial charge in [0.25, 0.3) is 5.91 Å². The van der Waals surface area contributed by atoms with E-state index in [4.69, 9.17) is 9.47 Å². The van der Waals surface area contributed by atoms with Crippen LogP contribution < -0.4 is 15.1 Å². The first-order chi connectivity index (χ1) is 17.3. The smallest absolute Gasteiger partial charge is 0.409 e. The summed E-state index contributed by atoms with van der Waals surface area (Å²) in [5.41, 5.74) is 2.45. The van der Waals surface area contributed by atoms with Crippen molar-refractivity contribution in [1.82, 2.24) is 14.7 Å². The van der Waals surface area contributed by atoms with Crippen LogP contribution in [0.2, 0.25) is 0 Å². The second-order valence-electron chi connectivity index (χ2n) is 8.81. The molecule has 2 saturated heterocycles. The van der Waals surface area contributed by atoms with Gasteiger partial charge in [0.1, 0.15) is 19.0 Å². The van der Waals surface area contributed by atoms with Crippen LogP contribution in [0.1, 0.15) is 32.6 Å². The van der Waals surface area contributed by atoms with Crippen LogP contribution in [0, 0.1) is 0 Å². The number of carbonyl (C=O) groups is 2. The van der Waals surface area contributed by atoms with Gasteiger partial charge in [-0.1, -0.05) is 13.3 Å². The van der Waals surface area contributed by atoms with E-state index in [1.54, 1.807) is 0 Å². The molecule has 37 heavy (non-hydrogen) atoms. The Morgan fingerprint density at radius 2 is 1.68 bits per heavy atom. The fraction of sp³-hybridized carbons (Fsp3) is 0.652. The molecule has 2 heterocycles. The fourth-order valence-corrected chi connectivity index (χ4v) is 6.61. The summed E-state index contributed by atoms with van der Waals surface area (Å²) in [4.78, 5) is 28.0. The number of rotatable bonds is 10. The largest absolute Gasteiger partial charge is 0.494 e. The van der Waals surface area contributed by atoms with Gasteiger partial charge in [-0.2, -0.15) is 4.31 Å². The zero-order valence-electron chi connectivity index (χ0n) is 20.9. The summed E-state index contributed by atoms with van der Waals surface area (Å²) in [6.45, 7) is 2.56. The molecule has 3 rings (SSSR count). The van der Waals surface area contributed by atoms with E-state index in [9.17, 15) is 27.6 Å². The Hall–Kier alpha value is -2.35. The van der Waals surface area contributed by atoms with Crippen molar-refractivity contribution in [3.8, 4) is 5.75 Å². The first-order valence-electron chi connectivity index (χ1n) is 12.2. The van der Waals surface area contributed by atoms with Gasteiger partial charge >= 0.3 is 6.09 Å². The summed E-state index contributed by atoms with van der Waals surface area (Å²) in [5, 5.41) is 9.34. The van der Waals surface area contributed by atoms with Crippen LogP contribution in [-0.4, -0.2) is 98.7 Å². The number of unbranched alkanes of at least 4 members (excludes halogenated alkanes) is 1. The maximum atomic E-state index is 13.7. The first-order valence-corrected chi connectivity index (χ1v) is 13.6. The number of alkyl halides is 1. The Bertz CT molecular complexity index is 983. The minimum atomic E-state index is -4.17. The van der Waals surface area contributed by atoms with E-state index >= 15 is 0 Å². The molecule has 1 aromatic carbocycles. The minimum absolute atomic E-state index is 0. The Morgan fingerprint density at radius 3 is 2.22 bits per heavy atom. The van der Waals surface area contributed by atoms with E-state index in [0.717, 1.165) is 24.3 Å². The Balaban J connectivity index is 0.00000481. The highest BCUT2D eigenvalue weighted by Gasteiger charge is 2.55. The molecule has 0 aromatic heterocycles. The maximum absolute atomic E-state index is 13.7. The summed E-state index contributed by atoms with van der Waals surface area (Å²) >= 11 is 0. The molecule has 14 heteroatoms. The van der Waals surface area contributed by atoms with Crippen LogP contribution in [0.5, 0.6) is 5.75 Å². The lowest BCUT2D eigenvalue weighted by atomic mass is 9.95. The molecule has 2 N–H and O–H groups in total. The number of likely N-dealkylation sites (tertiary alicyclic amines) is 1. The van der Waals surface area contributed by atoms with Crippen molar-refractivity contribution in [2.75, 3.05) is 64.1 Å². The second-order valence-corrected chi connectivity index (χ2v) is 11.1. The van der Waals surface area contributed by atoms with Gasteiger partial charge in [-0.05, 0) is 43.5 Å². The number of anilines is 1. The summed E-state index contributed by atoms with van der Waals surface area (Å²) in [6, 6.07) is 7.65. The number of piperidine rings is 1. The van der Waals surface area contributed by atoms with Crippen LogP contribution in [0.25, 0.3) is 0 Å². The maximum Gasteiger partial charge on any atom is 0.409 e. The number of hydrogen-bond acceptors (Lipinski definition) is 8. The molecule has 2 aliphatic rings. The molecule has 11 nitrogen and oxygen atoms in total. The van der Waals surface area contributed by atoms with Crippen LogP contribution in [0.3, 0.4) is 0 Å². The quantitative estimate of drug-likeness (QED) is 0.250. The predicted molar refractivity (Wildman–Crippen MR) is 138 cm³/mol. The van der Waals surface area contributed by atoms with Crippen LogP contribution >= 0.6 is 12.4 Å². The van der Waals surface area contributed by atoms with Crippen molar-refractivity contribution >= 4 is 40.1 Å². The lowest BCUT2D eigenvalue weighted by Crippen LogP contribution is -2.64. The number of hydrogen-bond donors (Lipinski definition) is 2. The summed E-state index contributed by atoms with van der Waals surface area (Å²) < 4.78 is 49.4. The molecular weight excluding hydrogens is 531 g/mol. The molecule has 0 radical (unpaired) electrons. The Kier molecular flexibility index (Phi) is 11.7.